The summed E-state index contributed by atoms with van der Waals surface area (Å²) in [6.45, 7) is 3.97. The first-order valence-corrected chi connectivity index (χ1v) is 6.19. The molecule has 0 unspecified atom stereocenters. The van der Waals surface area contributed by atoms with Crippen LogP contribution in [0.4, 0.5) is 0 Å². The van der Waals surface area contributed by atoms with E-state index in [0.29, 0.717) is 0 Å². The van der Waals surface area contributed by atoms with Gasteiger partial charge in [0.1, 0.15) is 0 Å². The monoisotopic (exact) mass is 233 g/mol. The Labute approximate surface area is 105 Å². The van der Waals surface area contributed by atoms with Crippen LogP contribution in [0.25, 0.3) is 0 Å². The molecule has 0 N–H and O–H groups in total. The molecule has 1 fully saturated rings. The van der Waals surface area contributed by atoms with E-state index < -0.39 is 0 Å². The molecule has 0 aromatic heterocycles. The summed E-state index contributed by atoms with van der Waals surface area (Å²) < 4.78 is 0. The molecule has 1 aromatic carbocycles. The molecule has 2 rings (SSSR count). The quantitative estimate of drug-likeness (QED) is 0.765. The van der Waals surface area contributed by atoms with Crippen LogP contribution in [0.2, 0.25) is 0 Å². The Bertz CT molecular complexity index is 367. The van der Waals surface area contributed by atoms with Crippen LogP contribution in [-0.2, 0) is 6.42 Å². The maximum atomic E-state index is 12.2. The molecule has 0 aliphatic carbocycles. The number of aryl methyl sites for hydroxylation is 1. The zero-order valence-corrected chi connectivity index (χ0v) is 9.91. The number of carbonyl (C=O) groups is 1. The second kappa shape index (κ2) is 6.43. The van der Waals surface area contributed by atoms with E-state index in [-0.39, 0.29) is 13.3 Å². The van der Waals surface area contributed by atoms with Crippen molar-refractivity contribution in [1.29, 1.82) is 0 Å². The highest BCUT2D eigenvalue weighted by molar-refractivity contribution is 5.94. The fourth-order valence-electron chi connectivity index (χ4n) is 2.20. The van der Waals surface area contributed by atoms with Crippen molar-refractivity contribution < 1.29 is 4.79 Å². The van der Waals surface area contributed by atoms with Crippen LogP contribution >= 0.6 is 0 Å². The minimum absolute atomic E-state index is 0. The fourth-order valence-corrected chi connectivity index (χ4v) is 2.20. The predicted molar refractivity (Wildman–Crippen MR) is 72.3 cm³/mol. The van der Waals surface area contributed by atoms with Gasteiger partial charge >= 0.3 is 0 Å². The number of hydrogen-bond donors (Lipinski definition) is 0. The minimum Gasteiger partial charge on any atom is -0.339 e. The maximum Gasteiger partial charge on any atom is 0.253 e. The van der Waals surface area contributed by atoms with Gasteiger partial charge in [0.15, 0.2) is 0 Å². The number of piperidine rings is 1. The predicted octanol–water partition coefficient (Wildman–Crippen LogP) is 3.51. The zero-order valence-electron chi connectivity index (χ0n) is 9.91. The Morgan fingerprint density at radius 2 is 1.94 bits per heavy atom. The van der Waals surface area contributed by atoms with Crippen molar-refractivity contribution in [3.8, 4) is 0 Å². The lowest BCUT2D eigenvalue weighted by molar-refractivity contribution is 0.0724. The SMILES string of the molecule is C.CCc1cccc(C(=O)N2CCCCC2)c1. The number of hydrogen-bond acceptors (Lipinski definition) is 1. The molecule has 0 radical (unpaired) electrons. The molecule has 0 atom stereocenters. The molecule has 2 heteroatoms. The molecule has 0 spiro atoms. The van der Waals surface area contributed by atoms with Crippen LogP contribution in [0.5, 0.6) is 0 Å². The summed E-state index contributed by atoms with van der Waals surface area (Å²) in [6.07, 6.45) is 4.55. The highest BCUT2D eigenvalue weighted by atomic mass is 16.2. The first-order valence-electron chi connectivity index (χ1n) is 6.19. The van der Waals surface area contributed by atoms with Crippen LogP contribution in [-0.4, -0.2) is 23.9 Å². The highest BCUT2D eigenvalue weighted by Gasteiger charge is 2.17. The van der Waals surface area contributed by atoms with Gasteiger partial charge in [-0.3, -0.25) is 4.79 Å². The minimum atomic E-state index is 0. The number of benzene rings is 1. The molecule has 1 amide bonds. The number of amides is 1. The third-order valence-corrected chi connectivity index (χ3v) is 3.23. The lowest BCUT2D eigenvalue weighted by Crippen LogP contribution is -2.35. The smallest absolute Gasteiger partial charge is 0.253 e. The van der Waals surface area contributed by atoms with Gasteiger partial charge in [-0.15, -0.1) is 0 Å². The summed E-state index contributed by atoms with van der Waals surface area (Å²) >= 11 is 0. The number of rotatable bonds is 2. The summed E-state index contributed by atoms with van der Waals surface area (Å²) in [5.74, 6) is 0.204. The van der Waals surface area contributed by atoms with Gasteiger partial charge in [-0.1, -0.05) is 26.5 Å². The van der Waals surface area contributed by atoms with Crippen molar-refractivity contribution in [2.45, 2.75) is 40.0 Å². The third kappa shape index (κ3) is 3.32. The summed E-state index contributed by atoms with van der Waals surface area (Å²) in [5.41, 5.74) is 2.09. The van der Waals surface area contributed by atoms with E-state index in [1.54, 1.807) is 0 Å². The molecule has 17 heavy (non-hydrogen) atoms. The van der Waals surface area contributed by atoms with Gasteiger partial charge in [0, 0.05) is 18.7 Å². The van der Waals surface area contributed by atoms with Crippen molar-refractivity contribution in [1.82, 2.24) is 4.90 Å². The van der Waals surface area contributed by atoms with E-state index in [1.807, 2.05) is 23.1 Å². The van der Waals surface area contributed by atoms with Crippen molar-refractivity contribution in [2.75, 3.05) is 13.1 Å². The normalized spacial score (nSPS) is 15.2. The average molecular weight is 233 g/mol. The summed E-state index contributed by atoms with van der Waals surface area (Å²) in [4.78, 5) is 14.2. The first kappa shape index (κ1) is 13.8. The topological polar surface area (TPSA) is 20.3 Å². The van der Waals surface area contributed by atoms with Gasteiger partial charge in [0.2, 0.25) is 0 Å². The Morgan fingerprint density at radius 1 is 1.24 bits per heavy atom. The molecule has 0 saturated carbocycles. The maximum absolute atomic E-state index is 12.2. The van der Waals surface area contributed by atoms with Crippen LogP contribution in [0.15, 0.2) is 24.3 Å². The zero-order chi connectivity index (χ0) is 11.4. The van der Waals surface area contributed by atoms with Crippen molar-refractivity contribution >= 4 is 5.91 Å². The van der Waals surface area contributed by atoms with Gasteiger partial charge in [-0.25, -0.2) is 0 Å². The largest absolute Gasteiger partial charge is 0.339 e. The molecular formula is C15H23NO. The van der Waals surface area contributed by atoms with Crippen LogP contribution < -0.4 is 0 Å². The average Bonchev–Trinajstić information content (AvgIpc) is 2.39. The van der Waals surface area contributed by atoms with E-state index in [0.717, 1.165) is 37.9 Å². The Hall–Kier alpha value is -1.31. The molecule has 2 nitrogen and oxygen atoms in total. The molecular weight excluding hydrogens is 210 g/mol. The molecule has 1 aliphatic heterocycles. The van der Waals surface area contributed by atoms with Gasteiger partial charge < -0.3 is 4.90 Å². The fraction of sp³-hybridized carbons (Fsp3) is 0.533. The summed E-state index contributed by atoms with van der Waals surface area (Å²) in [7, 11) is 0. The standard InChI is InChI=1S/C14H19NO.CH4/c1-2-12-7-6-8-13(11-12)14(16)15-9-4-3-5-10-15;/h6-8,11H,2-5,9-10H2,1H3;1H4. The van der Waals surface area contributed by atoms with Crippen LogP contribution in [0.1, 0.15) is 49.5 Å². The van der Waals surface area contributed by atoms with Gasteiger partial charge in [-0.2, -0.15) is 0 Å². The highest BCUT2D eigenvalue weighted by Crippen LogP contribution is 2.14. The van der Waals surface area contributed by atoms with Crippen LogP contribution in [0.3, 0.4) is 0 Å². The Morgan fingerprint density at radius 3 is 2.59 bits per heavy atom. The number of carbonyl (C=O) groups excluding carboxylic acids is 1. The summed E-state index contributed by atoms with van der Waals surface area (Å²) in [6, 6.07) is 8.01. The molecule has 1 heterocycles. The van der Waals surface area contributed by atoms with E-state index in [4.69, 9.17) is 0 Å². The van der Waals surface area contributed by atoms with Crippen molar-refractivity contribution in [3.05, 3.63) is 35.4 Å². The Balaban J connectivity index is 0.00000144. The third-order valence-electron chi connectivity index (χ3n) is 3.23. The molecule has 1 saturated heterocycles. The second-order valence-corrected chi connectivity index (χ2v) is 4.41. The molecule has 94 valence electrons. The van der Waals surface area contributed by atoms with E-state index in [9.17, 15) is 4.79 Å². The van der Waals surface area contributed by atoms with Crippen molar-refractivity contribution in [2.24, 2.45) is 0 Å². The van der Waals surface area contributed by atoms with E-state index in [2.05, 4.69) is 13.0 Å². The lowest BCUT2D eigenvalue weighted by Gasteiger charge is -2.26. The first-order chi connectivity index (χ1) is 7.81. The van der Waals surface area contributed by atoms with E-state index in [1.165, 1.54) is 12.0 Å². The van der Waals surface area contributed by atoms with Gasteiger partial charge in [0.25, 0.3) is 5.91 Å². The number of nitrogens with zero attached hydrogens (tertiary/aromatic N) is 1. The summed E-state index contributed by atoms with van der Waals surface area (Å²) in [5, 5.41) is 0. The Kier molecular flexibility index (Phi) is 5.20. The van der Waals surface area contributed by atoms with Gasteiger partial charge in [-0.05, 0) is 43.4 Å². The lowest BCUT2D eigenvalue weighted by atomic mass is 10.1. The van der Waals surface area contributed by atoms with E-state index >= 15 is 0 Å². The van der Waals surface area contributed by atoms with Crippen molar-refractivity contribution in [3.63, 3.8) is 0 Å². The van der Waals surface area contributed by atoms with Crippen LogP contribution in [0, 0.1) is 0 Å². The molecule has 0 bridgehead atoms. The second-order valence-electron chi connectivity index (χ2n) is 4.41. The van der Waals surface area contributed by atoms with Gasteiger partial charge in [0.05, 0.1) is 0 Å². The molecule has 1 aliphatic rings. The molecule has 1 aromatic rings. The number of likely N-dealkylation sites (tertiary alicyclic amines) is 1.